The minimum atomic E-state index is 0.0331. The third-order valence-electron chi connectivity index (χ3n) is 3.62. The van der Waals surface area contributed by atoms with Crippen molar-refractivity contribution in [3.8, 4) is 11.8 Å². The van der Waals surface area contributed by atoms with Crippen LogP contribution < -0.4 is 5.73 Å². The van der Waals surface area contributed by atoms with E-state index < -0.39 is 0 Å². The Morgan fingerprint density at radius 3 is 2.30 bits per heavy atom. The van der Waals surface area contributed by atoms with Crippen molar-refractivity contribution in [3.63, 3.8) is 0 Å². The van der Waals surface area contributed by atoms with E-state index in [0.717, 1.165) is 5.56 Å². The molecule has 1 aromatic rings. The van der Waals surface area contributed by atoms with Crippen molar-refractivity contribution in [1.82, 2.24) is 4.90 Å². The second-order valence-electron chi connectivity index (χ2n) is 6.04. The van der Waals surface area contributed by atoms with E-state index in [2.05, 4.69) is 39.5 Å². The first-order valence-electron chi connectivity index (χ1n) is 6.83. The van der Waals surface area contributed by atoms with Crippen molar-refractivity contribution in [2.24, 2.45) is 11.1 Å². The van der Waals surface area contributed by atoms with Crippen molar-refractivity contribution in [3.05, 3.63) is 35.4 Å². The molecule has 3 heteroatoms. The molecule has 0 saturated carbocycles. The molecule has 0 aromatic heterocycles. The molecule has 1 rings (SSSR count). The largest absolute Gasteiger partial charge is 0.338 e. The lowest BCUT2D eigenvalue weighted by Gasteiger charge is -2.35. The Kier molecular flexibility index (Phi) is 5.35. The van der Waals surface area contributed by atoms with Gasteiger partial charge in [-0.25, -0.2) is 0 Å². The van der Waals surface area contributed by atoms with Crippen LogP contribution in [0.5, 0.6) is 0 Å². The summed E-state index contributed by atoms with van der Waals surface area (Å²) < 4.78 is 0. The van der Waals surface area contributed by atoms with E-state index in [4.69, 9.17) is 5.73 Å². The summed E-state index contributed by atoms with van der Waals surface area (Å²) >= 11 is 0. The highest BCUT2D eigenvalue weighted by molar-refractivity contribution is 5.94. The zero-order valence-corrected chi connectivity index (χ0v) is 13.0. The summed E-state index contributed by atoms with van der Waals surface area (Å²) in [6, 6.07) is 7.49. The highest BCUT2D eigenvalue weighted by Gasteiger charge is 2.27. The van der Waals surface area contributed by atoms with Crippen LogP contribution >= 0.6 is 0 Å². The van der Waals surface area contributed by atoms with Gasteiger partial charge >= 0.3 is 0 Å². The molecule has 0 spiro atoms. The summed E-state index contributed by atoms with van der Waals surface area (Å²) in [5, 5.41) is 0. The number of carbonyl (C=O) groups is 1. The van der Waals surface area contributed by atoms with Gasteiger partial charge in [-0.15, -0.1) is 0 Å². The number of amides is 1. The van der Waals surface area contributed by atoms with E-state index in [0.29, 0.717) is 12.1 Å². The molecule has 0 heterocycles. The maximum atomic E-state index is 12.4. The second kappa shape index (κ2) is 6.58. The number of hydrogen-bond donors (Lipinski definition) is 1. The predicted molar refractivity (Wildman–Crippen MR) is 83.4 cm³/mol. The van der Waals surface area contributed by atoms with Crippen LogP contribution in [0.3, 0.4) is 0 Å². The highest BCUT2D eigenvalue weighted by atomic mass is 16.2. The lowest BCUT2D eigenvalue weighted by Crippen LogP contribution is -2.42. The standard InChI is InChI=1S/C17H24N2O/c1-13(17(2,3)4)19(5)16(20)15-10-8-14(9-11-15)7-6-12-18/h8-11,13H,12,18H2,1-5H3. The van der Waals surface area contributed by atoms with Crippen molar-refractivity contribution in [2.45, 2.75) is 33.7 Å². The van der Waals surface area contributed by atoms with E-state index >= 15 is 0 Å². The SMILES string of the molecule is CC(N(C)C(=O)c1ccc(C#CCN)cc1)C(C)(C)C. The van der Waals surface area contributed by atoms with Crippen LogP contribution in [0.1, 0.15) is 43.6 Å². The number of nitrogens with zero attached hydrogens (tertiary/aromatic N) is 1. The van der Waals surface area contributed by atoms with E-state index in [9.17, 15) is 4.79 Å². The molecule has 1 aromatic carbocycles. The number of carbonyl (C=O) groups excluding carboxylic acids is 1. The molecule has 0 aliphatic carbocycles. The van der Waals surface area contributed by atoms with Gasteiger partial charge in [0.15, 0.2) is 0 Å². The van der Waals surface area contributed by atoms with Gasteiger partial charge in [-0.2, -0.15) is 0 Å². The van der Waals surface area contributed by atoms with Gasteiger partial charge in [-0.3, -0.25) is 4.79 Å². The highest BCUT2D eigenvalue weighted by Crippen LogP contribution is 2.24. The second-order valence-corrected chi connectivity index (χ2v) is 6.04. The molecule has 0 bridgehead atoms. The van der Waals surface area contributed by atoms with Crippen molar-refractivity contribution >= 4 is 5.91 Å². The van der Waals surface area contributed by atoms with Gasteiger partial charge in [0.1, 0.15) is 0 Å². The predicted octanol–water partition coefficient (Wildman–Crippen LogP) is 2.50. The molecule has 2 N–H and O–H groups in total. The van der Waals surface area contributed by atoms with Gasteiger partial charge in [0, 0.05) is 24.2 Å². The Bertz CT molecular complexity index is 515. The number of rotatable bonds is 2. The summed E-state index contributed by atoms with van der Waals surface area (Å²) in [6.07, 6.45) is 0. The monoisotopic (exact) mass is 272 g/mol. The first-order valence-corrected chi connectivity index (χ1v) is 6.83. The number of nitrogens with two attached hydrogens (primary N) is 1. The Labute approximate surface area is 122 Å². The van der Waals surface area contributed by atoms with Crippen molar-refractivity contribution in [2.75, 3.05) is 13.6 Å². The quantitative estimate of drug-likeness (QED) is 0.841. The minimum Gasteiger partial charge on any atom is -0.338 e. The van der Waals surface area contributed by atoms with Gasteiger partial charge in [0.05, 0.1) is 6.54 Å². The molecular formula is C17H24N2O. The fourth-order valence-corrected chi connectivity index (χ4v) is 1.81. The molecule has 3 nitrogen and oxygen atoms in total. The van der Waals surface area contributed by atoms with Crippen molar-refractivity contribution < 1.29 is 4.79 Å². The molecule has 20 heavy (non-hydrogen) atoms. The van der Waals surface area contributed by atoms with E-state index in [1.165, 1.54) is 0 Å². The molecule has 0 fully saturated rings. The molecule has 108 valence electrons. The van der Waals surface area contributed by atoms with Gasteiger partial charge in [0.25, 0.3) is 5.91 Å². The topological polar surface area (TPSA) is 46.3 Å². The van der Waals surface area contributed by atoms with Gasteiger partial charge in [-0.05, 0) is 36.6 Å². The third kappa shape index (κ3) is 4.11. The molecule has 1 amide bonds. The third-order valence-corrected chi connectivity index (χ3v) is 3.62. The van der Waals surface area contributed by atoms with Crippen LogP contribution in [-0.2, 0) is 0 Å². The van der Waals surface area contributed by atoms with Crippen LogP contribution in [0.15, 0.2) is 24.3 Å². The molecule has 0 aliphatic rings. The van der Waals surface area contributed by atoms with E-state index in [-0.39, 0.29) is 17.4 Å². The molecule has 1 atom stereocenters. The minimum absolute atomic E-state index is 0.0331. The molecule has 0 aliphatic heterocycles. The molecule has 1 unspecified atom stereocenters. The van der Waals surface area contributed by atoms with Gasteiger partial charge in [0.2, 0.25) is 0 Å². The summed E-state index contributed by atoms with van der Waals surface area (Å²) in [5.41, 5.74) is 6.94. The zero-order valence-electron chi connectivity index (χ0n) is 13.0. The maximum absolute atomic E-state index is 12.4. The Hall–Kier alpha value is -1.79. The smallest absolute Gasteiger partial charge is 0.253 e. The zero-order chi connectivity index (χ0) is 15.3. The van der Waals surface area contributed by atoms with Crippen LogP contribution in [0, 0.1) is 17.3 Å². The summed E-state index contributed by atoms with van der Waals surface area (Å²) in [7, 11) is 1.85. The average Bonchev–Trinajstić information content (AvgIpc) is 2.42. The maximum Gasteiger partial charge on any atom is 0.253 e. The van der Waals surface area contributed by atoms with Crippen LogP contribution in [-0.4, -0.2) is 30.4 Å². The van der Waals surface area contributed by atoms with Gasteiger partial charge in [-0.1, -0.05) is 32.6 Å². The molecule has 0 saturated heterocycles. The van der Waals surface area contributed by atoms with E-state index in [1.807, 2.05) is 31.3 Å². The van der Waals surface area contributed by atoms with Crippen molar-refractivity contribution in [1.29, 1.82) is 0 Å². The molecule has 0 radical (unpaired) electrons. The fraction of sp³-hybridized carbons (Fsp3) is 0.471. The first kappa shape index (κ1) is 16.3. The Morgan fingerprint density at radius 2 is 1.85 bits per heavy atom. The first-order chi connectivity index (χ1) is 9.27. The summed E-state index contributed by atoms with van der Waals surface area (Å²) in [5.74, 6) is 5.78. The lowest BCUT2D eigenvalue weighted by atomic mass is 9.87. The Balaban J connectivity index is 2.87. The van der Waals surface area contributed by atoms with Crippen LogP contribution in [0.2, 0.25) is 0 Å². The number of benzene rings is 1. The Morgan fingerprint density at radius 1 is 1.30 bits per heavy atom. The molecular weight excluding hydrogens is 248 g/mol. The summed E-state index contributed by atoms with van der Waals surface area (Å²) in [6.45, 7) is 8.80. The normalized spacial score (nSPS) is 12.3. The van der Waals surface area contributed by atoms with Gasteiger partial charge < -0.3 is 10.6 Å². The summed E-state index contributed by atoms with van der Waals surface area (Å²) in [4.78, 5) is 14.2. The number of hydrogen-bond acceptors (Lipinski definition) is 2. The van der Waals surface area contributed by atoms with Crippen LogP contribution in [0.25, 0.3) is 0 Å². The fourth-order valence-electron chi connectivity index (χ4n) is 1.81. The average molecular weight is 272 g/mol. The lowest BCUT2D eigenvalue weighted by molar-refractivity contribution is 0.0629. The van der Waals surface area contributed by atoms with Crippen LogP contribution in [0.4, 0.5) is 0 Å². The van der Waals surface area contributed by atoms with E-state index in [1.54, 1.807) is 4.90 Å².